The summed E-state index contributed by atoms with van der Waals surface area (Å²) in [5.41, 5.74) is 3.02. The first-order valence-electron chi connectivity index (χ1n) is 9.06. The van der Waals surface area contributed by atoms with Crippen LogP contribution in [0.5, 0.6) is 0 Å². The first-order chi connectivity index (χ1) is 12.9. The van der Waals surface area contributed by atoms with Gasteiger partial charge in [-0.3, -0.25) is 14.9 Å². The summed E-state index contributed by atoms with van der Waals surface area (Å²) in [5.74, 6) is -0.0998. The summed E-state index contributed by atoms with van der Waals surface area (Å²) < 4.78 is 0. The highest BCUT2D eigenvalue weighted by Gasteiger charge is 2.46. The zero-order valence-electron chi connectivity index (χ0n) is 15.2. The molecule has 6 nitrogen and oxygen atoms in total. The monoisotopic (exact) mass is 386 g/mol. The number of quaternary nitrogens is 1. The van der Waals surface area contributed by atoms with Gasteiger partial charge in [0.25, 0.3) is 11.6 Å². The van der Waals surface area contributed by atoms with E-state index in [9.17, 15) is 14.9 Å². The van der Waals surface area contributed by atoms with Crippen molar-refractivity contribution in [2.45, 2.75) is 25.3 Å². The number of hydrogen-bond acceptors (Lipinski definition) is 3. The molecule has 1 unspecified atom stereocenters. The molecule has 0 bridgehead atoms. The van der Waals surface area contributed by atoms with E-state index in [-0.39, 0.29) is 29.1 Å². The number of likely N-dealkylation sites (tertiary alicyclic amines) is 1. The van der Waals surface area contributed by atoms with Crippen molar-refractivity contribution in [3.05, 3.63) is 68.2 Å². The summed E-state index contributed by atoms with van der Waals surface area (Å²) in [7, 11) is 2.16. The van der Waals surface area contributed by atoms with Crippen molar-refractivity contribution in [1.29, 1.82) is 0 Å². The predicted molar refractivity (Wildman–Crippen MR) is 104 cm³/mol. The molecule has 4 rings (SSSR count). The van der Waals surface area contributed by atoms with Gasteiger partial charge in [0.05, 0.1) is 37.0 Å². The van der Waals surface area contributed by atoms with Gasteiger partial charge in [0.2, 0.25) is 0 Å². The maximum Gasteiger partial charge on any atom is 0.282 e. The van der Waals surface area contributed by atoms with E-state index in [0.717, 1.165) is 36.3 Å². The molecular formula is C20H21ClN3O3+. The highest BCUT2D eigenvalue weighted by molar-refractivity contribution is 6.31. The Morgan fingerprint density at radius 2 is 2.07 bits per heavy atom. The summed E-state index contributed by atoms with van der Waals surface area (Å²) in [6.07, 6.45) is 0.865. The lowest BCUT2D eigenvalue weighted by molar-refractivity contribution is -0.886. The molecule has 1 N–H and O–H groups in total. The molecule has 0 saturated carbocycles. The standard InChI is InChI=1S/C20H20ClN3O3/c1-12-3-5-17-14(9-12)16-11-22(2)8-7-18(16)23(17)20(25)15-10-13(21)4-6-19(15)24(26)27/h3-6,9-10,16,18H,7-8,11H2,1-2H3/p+1/t16-,18-/m0/s1. The highest BCUT2D eigenvalue weighted by Crippen LogP contribution is 2.44. The fourth-order valence-corrected chi connectivity index (χ4v) is 4.60. The number of nitro benzene ring substituents is 1. The Morgan fingerprint density at radius 3 is 2.81 bits per heavy atom. The molecule has 0 spiro atoms. The van der Waals surface area contributed by atoms with Crippen LogP contribution in [0.1, 0.15) is 33.8 Å². The molecule has 27 heavy (non-hydrogen) atoms. The van der Waals surface area contributed by atoms with Crippen molar-refractivity contribution in [3.8, 4) is 0 Å². The molecule has 1 amide bonds. The fourth-order valence-electron chi connectivity index (χ4n) is 4.43. The topological polar surface area (TPSA) is 67.9 Å². The molecule has 2 aromatic rings. The number of hydrogen-bond donors (Lipinski definition) is 1. The average Bonchev–Trinajstić information content (AvgIpc) is 2.93. The van der Waals surface area contributed by atoms with Gasteiger partial charge < -0.3 is 9.80 Å². The second-order valence-electron chi connectivity index (χ2n) is 7.53. The van der Waals surface area contributed by atoms with Gasteiger partial charge in [-0.25, -0.2) is 0 Å². The maximum atomic E-state index is 13.5. The Morgan fingerprint density at radius 1 is 1.30 bits per heavy atom. The number of carbonyl (C=O) groups is 1. The van der Waals surface area contributed by atoms with Crippen LogP contribution in [0, 0.1) is 17.0 Å². The molecule has 2 heterocycles. The molecule has 7 heteroatoms. The number of likely N-dealkylation sites (N-methyl/N-ethyl adjacent to an activating group) is 1. The Balaban J connectivity index is 1.83. The molecule has 1 saturated heterocycles. The van der Waals surface area contributed by atoms with E-state index in [0.29, 0.717) is 5.02 Å². The summed E-state index contributed by atoms with van der Waals surface area (Å²) in [6, 6.07) is 10.3. The number of nitrogens with one attached hydrogen (secondary N) is 1. The number of rotatable bonds is 2. The lowest BCUT2D eigenvalue weighted by Crippen LogP contribution is -3.11. The molecule has 0 aromatic heterocycles. The Labute approximate surface area is 162 Å². The Hall–Kier alpha value is -2.44. The van der Waals surface area contributed by atoms with Crippen LogP contribution in [0.2, 0.25) is 5.02 Å². The summed E-state index contributed by atoms with van der Waals surface area (Å²) in [6.45, 7) is 3.96. The number of nitro groups is 1. The minimum atomic E-state index is -0.522. The van der Waals surface area contributed by atoms with Gasteiger partial charge >= 0.3 is 0 Å². The molecule has 2 aromatic carbocycles. The molecule has 2 aliphatic rings. The van der Waals surface area contributed by atoms with E-state index >= 15 is 0 Å². The number of amides is 1. The lowest BCUT2D eigenvalue weighted by atomic mass is 9.88. The molecule has 2 aliphatic heterocycles. The van der Waals surface area contributed by atoms with Gasteiger partial charge in [-0.15, -0.1) is 0 Å². The van der Waals surface area contributed by atoms with Crippen LogP contribution in [0.25, 0.3) is 0 Å². The average molecular weight is 387 g/mol. The van der Waals surface area contributed by atoms with E-state index in [1.54, 1.807) is 4.90 Å². The van der Waals surface area contributed by atoms with Crippen LogP contribution in [0.15, 0.2) is 36.4 Å². The number of aryl methyl sites for hydroxylation is 1. The van der Waals surface area contributed by atoms with Crippen LogP contribution < -0.4 is 9.80 Å². The van der Waals surface area contributed by atoms with Gasteiger partial charge in [-0.1, -0.05) is 29.3 Å². The minimum absolute atomic E-state index is 0.0246. The Kier molecular flexibility index (Phi) is 4.40. The second-order valence-corrected chi connectivity index (χ2v) is 7.97. The van der Waals surface area contributed by atoms with Crippen molar-refractivity contribution in [2.75, 3.05) is 25.0 Å². The van der Waals surface area contributed by atoms with E-state index in [2.05, 4.69) is 13.1 Å². The van der Waals surface area contributed by atoms with Gasteiger partial charge in [-0.2, -0.15) is 0 Å². The van der Waals surface area contributed by atoms with Crippen molar-refractivity contribution < 1.29 is 14.6 Å². The van der Waals surface area contributed by atoms with Crippen LogP contribution in [0.3, 0.4) is 0 Å². The quantitative estimate of drug-likeness (QED) is 0.637. The van der Waals surface area contributed by atoms with Crippen LogP contribution in [0.4, 0.5) is 11.4 Å². The number of fused-ring (bicyclic) bond motifs is 3. The summed E-state index contributed by atoms with van der Waals surface area (Å²) in [4.78, 5) is 27.6. The summed E-state index contributed by atoms with van der Waals surface area (Å²) in [5, 5.41) is 11.8. The first kappa shape index (κ1) is 17.9. The van der Waals surface area contributed by atoms with Gasteiger partial charge in [0, 0.05) is 23.2 Å². The second kappa shape index (κ2) is 6.62. The van der Waals surface area contributed by atoms with Gasteiger partial charge in [0.1, 0.15) is 5.56 Å². The number of piperidine rings is 1. The molecule has 0 radical (unpaired) electrons. The van der Waals surface area contributed by atoms with Crippen molar-refractivity contribution >= 4 is 28.9 Å². The maximum absolute atomic E-state index is 13.5. The third-order valence-electron chi connectivity index (χ3n) is 5.68. The van der Waals surface area contributed by atoms with Gasteiger partial charge in [0.15, 0.2) is 0 Å². The highest BCUT2D eigenvalue weighted by atomic mass is 35.5. The van der Waals surface area contributed by atoms with Gasteiger partial charge in [-0.05, 0) is 30.7 Å². The number of halogens is 1. The Bertz CT molecular complexity index is 946. The first-order valence-corrected chi connectivity index (χ1v) is 9.44. The zero-order valence-corrected chi connectivity index (χ0v) is 16.0. The third kappa shape index (κ3) is 2.99. The number of benzene rings is 2. The number of anilines is 1. The molecule has 140 valence electrons. The van der Waals surface area contributed by atoms with E-state index < -0.39 is 4.92 Å². The van der Waals surface area contributed by atoms with Crippen LogP contribution in [-0.4, -0.2) is 37.0 Å². The van der Waals surface area contributed by atoms with Crippen molar-refractivity contribution in [3.63, 3.8) is 0 Å². The smallest absolute Gasteiger partial charge is 0.282 e. The largest absolute Gasteiger partial charge is 0.337 e. The molecule has 1 fully saturated rings. The number of nitrogens with zero attached hydrogens (tertiary/aromatic N) is 2. The van der Waals surface area contributed by atoms with Crippen LogP contribution >= 0.6 is 11.6 Å². The molecule has 3 atom stereocenters. The lowest BCUT2D eigenvalue weighted by Gasteiger charge is -2.34. The predicted octanol–water partition coefficient (Wildman–Crippen LogP) is 2.59. The third-order valence-corrected chi connectivity index (χ3v) is 5.91. The normalized spacial score (nSPS) is 23.7. The fraction of sp³-hybridized carbons (Fsp3) is 0.350. The van der Waals surface area contributed by atoms with Crippen molar-refractivity contribution in [1.82, 2.24) is 0 Å². The van der Waals surface area contributed by atoms with E-state index in [4.69, 9.17) is 11.6 Å². The SMILES string of the molecule is Cc1ccc2c(c1)[C@@H]1C[NH+](C)CC[C@@H]1N2C(=O)c1cc(Cl)ccc1[N+](=O)[O-]. The summed E-state index contributed by atoms with van der Waals surface area (Å²) >= 11 is 6.05. The van der Waals surface area contributed by atoms with Crippen molar-refractivity contribution in [2.24, 2.45) is 0 Å². The zero-order chi connectivity index (χ0) is 19.3. The molecular weight excluding hydrogens is 366 g/mol. The van der Waals surface area contributed by atoms with Crippen LogP contribution in [-0.2, 0) is 0 Å². The molecule has 0 aliphatic carbocycles. The van der Waals surface area contributed by atoms with E-state index in [1.165, 1.54) is 23.1 Å². The van der Waals surface area contributed by atoms with E-state index in [1.807, 2.05) is 19.1 Å². The number of carbonyl (C=O) groups excluding carboxylic acids is 1. The minimum Gasteiger partial charge on any atom is -0.337 e.